The van der Waals surface area contributed by atoms with E-state index >= 15 is 0 Å². The van der Waals surface area contributed by atoms with Gasteiger partial charge in [-0.2, -0.15) is 0 Å². The third-order valence-electron chi connectivity index (χ3n) is 2.38. The number of benzene rings is 1. The second-order valence-electron chi connectivity index (χ2n) is 4.39. The quantitative estimate of drug-likeness (QED) is 0.765. The maximum absolute atomic E-state index is 11.5. The van der Waals surface area contributed by atoms with E-state index in [2.05, 4.69) is 5.32 Å². The van der Waals surface area contributed by atoms with Gasteiger partial charge in [0.2, 0.25) is 5.91 Å². The van der Waals surface area contributed by atoms with Crippen LogP contribution in [0.1, 0.15) is 5.56 Å². The molecule has 1 rings (SSSR count). The van der Waals surface area contributed by atoms with Crippen LogP contribution in [0.15, 0.2) is 30.3 Å². The van der Waals surface area contributed by atoms with Crippen LogP contribution >= 0.6 is 0 Å². The first-order chi connectivity index (χ1) is 8.49. The van der Waals surface area contributed by atoms with Crippen LogP contribution in [0.5, 0.6) is 0 Å². The Morgan fingerprint density at radius 2 is 1.89 bits per heavy atom. The van der Waals surface area contributed by atoms with Gasteiger partial charge in [0.25, 0.3) is 0 Å². The Bertz CT molecular complexity index is 404. The maximum Gasteiger partial charge on any atom is 0.326 e. The summed E-state index contributed by atoms with van der Waals surface area (Å²) in [7, 11) is 3.51. The Labute approximate surface area is 106 Å². The minimum Gasteiger partial charge on any atom is -0.480 e. The number of carboxylic acids is 1. The lowest BCUT2D eigenvalue weighted by Crippen LogP contribution is -2.45. The normalized spacial score (nSPS) is 12.2. The van der Waals surface area contributed by atoms with Gasteiger partial charge >= 0.3 is 5.97 Å². The molecule has 0 bridgehead atoms. The molecule has 0 aliphatic heterocycles. The molecule has 1 atom stereocenters. The van der Waals surface area contributed by atoms with Crippen molar-refractivity contribution in [2.75, 3.05) is 20.6 Å². The molecule has 5 heteroatoms. The molecule has 1 aromatic carbocycles. The highest BCUT2D eigenvalue weighted by molar-refractivity contribution is 5.84. The van der Waals surface area contributed by atoms with E-state index in [1.54, 1.807) is 19.0 Å². The van der Waals surface area contributed by atoms with Crippen molar-refractivity contribution in [3.63, 3.8) is 0 Å². The van der Waals surface area contributed by atoms with Crippen LogP contribution in [0.4, 0.5) is 0 Å². The highest BCUT2D eigenvalue weighted by atomic mass is 16.4. The maximum atomic E-state index is 11.5. The van der Waals surface area contributed by atoms with Crippen LogP contribution < -0.4 is 5.32 Å². The SMILES string of the molecule is CN(C)CC(=O)N[C@@H](Cc1ccccc1)C(=O)O. The molecule has 0 aliphatic rings. The molecule has 2 N–H and O–H groups in total. The summed E-state index contributed by atoms with van der Waals surface area (Å²) >= 11 is 0. The van der Waals surface area contributed by atoms with Crippen molar-refractivity contribution >= 4 is 11.9 Å². The van der Waals surface area contributed by atoms with E-state index in [0.717, 1.165) is 5.56 Å². The molecule has 98 valence electrons. The van der Waals surface area contributed by atoms with E-state index < -0.39 is 12.0 Å². The summed E-state index contributed by atoms with van der Waals surface area (Å²) in [6.07, 6.45) is 0.287. The number of likely N-dealkylation sites (N-methyl/N-ethyl adjacent to an activating group) is 1. The lowest BCUT2D eigenvalue weighted by molar-refractivity contribution is -0.141. The van der Waals surface area contributed by atoms with E-state index in [4.69, 9.17) is 5.11 Å². The average molecular weight is 250 g/mol. The van der Waals surface area contributed by atoms with Crippen molar-refractivity contribution in [3.05, 3.63) is 35.9 Å². The molecule has 0 spiro atoms. The number of hydrogen-bond acceptors (Lipinski definition) is 3. The summed E-state index contributed by atoms with van der Waals surface area (Å²) in [6.45, 7) is 0.179. The third-order valence-corrected chi connectivity index (χ3v) is 2.38. The van der Waals surface area contributed by atoms with Gasteiger partial charge in [-0.25, -0.2) is 4.79 Å². The van der Waals surface area contributed by atoms with E-state index in [0.29, 0.717) is 0 Å². The smallest absolute Gasteiger partial charge is 0.326 e. The Morgan fingerprint density at radius 3 is 2.39 bits per heavy atom. The number of aliphatic carboxylic acids is 1. The van der Waals surface area contributed by atoms with Gasteiger partial charge in [0.1, 0.15) is 6.04 Å². The number of carbonyl (C=O) groups is 2. The van der Waals surface area contributed by atoms with Crippen molar-refractivity contribution in [3.8, 4) is 0 Å². The summed E-state index contributed by atoms with van der Waals surface area (Å²) in [6, 6.07) is 8.34. The zero-order chi connectivity index (χ0) is 13.5. The van der Waals surface area contributed by atoms with Gasteiger partial charge in [-0.15, -0.1) is 0 Å². The van der Waals surface area contributed by atoms with Crippen molar-refractivity contribution in [1.82, 2.24) is 10.2 Å². The summed E-state index contributed by atoms with van der Waals surface area (Å²) in [5, 5.41) is 11.6. The van der Waals surface area contributed by atoms with Crippen LogP contribution in [-0.4, -0.2) is 48.6 Å². The first-order valence-electron chi connectivity index (χ1n) is 5.70. The summed E-state index contributed by atoms with van der Waals surface area (Å²) < 4.78 is 0. The van der Waals surface area contributed by atoms with Crippen LogP contribution in [-0.2, 0) is 16.0 Å². The molecule has 0 aliphatic carbocycles. The fourth-order valence-electron chi connectivity index (χ4n) is 1.58. The number of carboxylic acid groups (broad SMARTS) is 1. The molecule has 1 aromatic rings. The van der Waals surface area contributed by atoms with Gasteiger partial charge in [-0.3, -0.25) is 4.79 Å². The molecule has 0 aromatic heterocycles. The van der Waals surface area contributed by atoms with Crippen LogP contribution in [0, 0.1) is 0 Å². The molecule has 0 fully saturated rings. The standard InChI is InChI=1S/C13H18N2O3/c1-15(2)9-12(16)14-11(13(17)18)8-10-6-4-3-5-7-10/h3-7,11H,8-9H2,1-2H3,(H,14,16)(H,17,18)/t11-/m0/s1. The molecule has 18 heavy (non-hydrogen) atoms. The third kappa shape index (κ3) is 4.97. The number of hydrogen-bond donors (Lipinski definition) is 2. The summed E-state index contributed by atoms with van der Waals surface area (Å²) in [5.41, 5.74) is 0.884. The minimum absolute atomic E-state index is 0.179. The Morgan fingerprint density at radius 1 is 1.28 bits per heavy atom. The molecule has 0 heterocycles. The lowest BCUT2D eigenvalue weighted by atomic mass is 10.1. The van der Waals surface area contributed by atoms with Crippen LogP contribution in [0.2, 0.25) is 0 Å². The summed E-state index contributed by atoms with van der Waals surface area (Å²) in [5.74, 6) is -1.31. The second kappa shape index (κ2) is 6.76. The zero-order valence-electron chi connectivity index (χ0n) is 10.6. The van der Waals surface area contributed by atoms with Crippen molar-refractivity contribution in [2.24, 2.45) is 0 Å². The van der Waals surface area contributed by atoms with Gasteiger partial charge < -0.3 is 15.3 Å². The number of nitrogens with zero attached hydrogens (tertiary/aromatic N) is 1. The largest absolute Gasteiger partial charge is 0.480 e. The predicted molar refractivity (Wildman–Crippen MR) is 68.3 cm³/mol. The van der Waals surface area contributed by atoms with Gasteiger partial charge in [0.15, 0.2) is 0 Å². The monoisotopic (exact) mass is 250 g/mol. The lowest BCUT2D eigenvalue weighted by Gasteiger charge is -2.16. The molecular formula is C13H18N2O3. The number of rotatable bonds is 6. The van der Waals surface area contributed by atoms with Gasteiger partial charge in [0.05, 0.1) is 6.54 Å². The topological polar surface area (TPSA) is 69.6 Å². The fourth-order valence-corrected chi connectivity index (χ4v) is 1.58. The highest BCUT2D eigenvalue weighted by Gasteiger charge is 2.20. The zero-order valence-corrected chi connectivity index (χ0v) is 10.6. The van der Waals surface area contributed by atoms with Crippen LogP contribution in [0.25, 0.3) is 0 Å². The van der Waals surface area contributed by atoms with Crippen LogP contribution in [0.3, 0.4) is 0 Å². The Kier molecular flexibility index (Phi) is 5.32. The molecular weight excluding hydrogens is 232 g/mol. The summed E-state index contributed by atoms with van der Waals surface area (Å²) in [4.78, 5) is 24.3. The second-order valence-corrected chi connectivity index (χ2v) is 4.39. The molecule has 5 nitrogen and oxygen atoms in total. The highest BCUT2D eigenvalue weighted by Crippen LogP contribution is 2.03. The molecule has 0 unspecified atom stereocenters. The van der Waals surface area contributed by atoms with E-state index in [-0.39, 0.29) is 18.9 Å². The van der Waals surface area contributed by atoms with E-state index in [1.807, 2.05) is 30.3 Å². The van der Waals surface area contributed by atoms with E-state index in [9.17, 15) is 9.59 Å². The predicted octanol–water partition coefficient (Wildman–Crippen LogP) is 0.360. The number of nitrogens with one attached hydrogen (secondary N) is 1. The average Bonchev–Trinajstić information content (AvgIpc) is 2.28. The first kappa shape index (κ1) is 14.2. The van der Waals surface area contributed by atoms with E-state index in [1.165, 1.54) is 0 Å². The van der Waals surface area contributed by atoms with Crippen molar-refractivity contribution < 1.29 is 14.7 Å². The first-order valence-corrected chi connectivity index (χ1v) is 5.70. The Hall–Kier alpha value is -1.88. The molecule has 1 amide bonds. The molecule has 0 saturated carbocycles. The van der Waals surface area contributed by atoms with Crippen molar-refractivity contribution in [2.45, 2.75) is 12.5 Å². The molecule has 0 radical (unpaired) electrons. The fraction of sp³-hybridized carbons (Fsp3) is 0.385. The Balaban J connectivity index is 2.61. The number of carbonyl (C=O) groups excluding carboxylic acids is 1. The van der Waals surface area contributed by atoms with Crippen molar-refractivity contribution in [1.29, 1.82) is 0 Å². The number of amides is 1. The molecule has 0 saturated heterocycles. The van der Waals surface area contributed by atoms with Gasteiger partial charge in [-0.1, -0.05) is 30.3 Å². The van der Waals surface area contributed by atoms with Gasteiger partial charge in [-0.05, 0) is 19.7 Å². The van der Waals surface area contributed by atoms with Gasteiger partial charge in [0, 0.05) is 6.42 Å². The minimum atomic E-state index is -1.02.